The molecule has 0 unspecified atom stereocenters. The molecule has 0 bridgehead atoms. The Bertz CT molecular complexity index is 277. The highest BCUT2D eigenvalue weighted by molar-refractivity contribution is 5.19. The van der Waals surface area contributed by atoms with Gasteiger partial charge in [-0.25, -0.2) is 4.39 Å². The first-order valence-electron chi connectivity index (χ1n) is 4.66. The Morgan fingerprint density at radius 3 is 2.46 bits per heavy atom. The predicted octanol–water partition coefficient (Wildman–Crippen LogP) is 2.06. The summed E-state index contributed by atoms with van der Waals surface area (Å²) in [7, 11) is 0. The molecule has 1 aromatic carbocycles. The van der Waals surface area contributed by atoms with Crippen molar-refractivity contribution in [2.45, 2.75) is 31.0 Å². The molecule has 1 aliphatic rings. The van der Waals surface area contributed by atoms with E-state index < -0.39 is 5.67 Å². The van der Waals surface area contributed by atoms with E-state index in [2.05, 4.69) is 0 Å². The van der Waals surface area contributed by atoms with Crippen molar-refractivity contribution in [3.05, 3.63) is 35.9 Å². The molecule has 0 saturated heterocycles. The van der Waals surface area contributed by atoms with Crippen LogP contribution in [0.3, 0.4) is 0 Å². The van der Waals surface area contributed by atoms with Gasteiger partial charge in [-0.3, -0.25) is 0 Å². The van der Waals surface area contributed by atoms with Crippen molar-refractivity contribution in [3.63, 3.8) is 0 Å². The lowest BCUT2D eigenvalue weighted by molar-refractivity contribution is 0.0444. The minimum atomic E-state index is -1.03. The molecule has 1 aromatic rings. The van der Waals surface area contributed by atoms with Crippen molar-refractivity contribution < 1.29 is 4.39 Å². The first-order chi connectivity index (χ1) is 6.18. The molecule has 1 aliphatic carbocycles. The number of halogens is 1. The largest absolute Gasteiger partial charge is 0.327 e. The van der Waals surface area contributed by atoms with Crippen molar-refractivity contribution >= 4 is 0 Å². The lowest BCUT2D eigenvalue weighted by Crippen LogP contribution is -2.49. The summed E-state index contributed by atoms with van der Waals surface area (Å²) < 4.78 is 13.8. The first-order valence-corrected chi connectivity index (χ1v) is 4.66. The van der Waals surface area contributed by atoms with Crippen molar-refractivity contribution in [1.82, 2.24) is 0 Å². The maximum Gasteiger partial charge on any atom is 0.118 e. The molecule has 0 spiro atoms. The second kappa shape index (κ2) is 3.11. The van der Waals surface area contributed by atoms with E-state index in [0.29, 0.717) is 19.3 Å². The molecule has 0 atom stereocenters. The number of hydrogen-bond acceptors (Lipinski definition) is 1. The summed E-state index contributed by atoms with van der Waals surface area (Å²) in [5.74, 6) is 0. The smallest absolute Gasteiger partial charge is 0.118 e. The molecule has 1 fully saturated rings. The van der Waals surface area contributed by atoms with E-state index in [1.807, 2.05) is 30.3 Å². The fourth-order valence-corrected chi connectivity index (χ4v) is 1.99. The number of nitrogens with two attached hydrogens (primary N) is 1. The van der Waals surface area contributed by atoms with E-state index in [-0.39, 0.29) is 6.04 Å². The Kier molecular flexibility index (Phi) is 2.08. The topological polar surface area (TPSA) is 26.0 Å². The van der Waals surface area contributed by atoms with Gasteiger partial charge in [0.2, 0.25) is 0 Å². The Hall–Kier alpha value is -0.890. The fourth-order valence-electron chi connectivity index (χ4n) is 1.99. The van der Waals surface area contributed by atoms with Crippen LogP contribution >= 0.6 is 0 Å². The van der Waals surface area contributed by atoms with Gasteiger partial charge in [-0.15, -0.1) is 0 Å². The van der Waals surface area contributed by atoms with Crippen LogP contribution in [0.25, 0.3) is 0 Å². The van der Waals surface area contributed by atoms with Gasteiger partial charge in [-0.1, -0.05) is 30.3 Å². The van der Waals surface area contributed by atoms with Crippen molar-refractivity contribution in [2.24, 2.45) is 5.73 Å². The van der Waals surface area contributed by atoms with Crippen LogP contribution in [-0.4, -0.2) is 11.7 Å². The van der Waals surface area contributed by atoms with Crippen molar-refractivity contribution in [3.8, 4) is 0 Å². The van der Waals surface area contributed by atoms with E-state index >= 15 is 0 Å². The van der Waals surface area contributed by atoms with Gasteiger partial charge in [0.1, 0.15) is 5.67 Å². The summed E-state index contributed by atoms with van der Waals surface area (Å²) in [4.78, 5) is 0. The monoisotopic (exact) mass is 179 g/mol. The Morgan fingerprint density at radius 2 is 1.92 bits per heavy atom. The van der Waals surface area contributed by atoms with Crippen LogP contribution in [-0.2, 0) is 6.42 Å². The summed E-state index contributed by atoms with van der Waals surface area (Å²) in [5.41, 5.74) is 5.61. The first kappa shape index (κ1) is 8.70. The fraction of sp³-hybridized carbons (Fsp3) is 0.455. The third-order valence-electron chi connectivity index (χ3n) is 2.62. The van der Waals surface area contributed by atoms with Crippen molar-refractivity contribution in [2.75, 3.05) is 0 Å². The molecular formula is C11H14FN. The molecule has 2 heteroatoms. The normalized spacial score (nSPS) is 32.6. The van der Waals surface area contributed by atoms with Crippen LogP contribution < -0.4 is 5.73 Å². The van der Waals surface area contributed by atoms with Crippen molar-refractivity contribution in [1.29, 1.82) is 0 Å². The molecule has 0 aliphatic heterocycles. The van der Waals surface area contributed by atoms with Gasteiger partial charge in [0.15, 0.2) is 0 Å². The summed E-state index contributed by atoms with van der Waals surface area (Å²) in [6.45, 7) is 0. The molecule has 0 heterocycles. The lowest BCUT2D eigenvalue weighted by Gasteiger charge is -2.39. The molecule has 2 rings (SSSR count). The van der Waals surface area contributed by atoms with Gasteiger partial charge in [0.05, 0.1) is 0 Å². The van der Waals surface area contributed by atoms with E-state index in [1.54, 1.807) is 0 Å². The molecule has 2 N–H and O–H groups in total. The van der Waals surface area contributed by atoms with E-state index in [0.717, 1.165) is 5.56 Å². The van der Waals surface area contributed by atoms with E-state index in [9.17, 15) is 4.39 Å². The van der Waals surface area contributed by atoms with Gasteiger partial charge in [0, 0.05) is 12.5 Å². The number of benzene rings is 1. The maximum atomic E-state index is 13.8. The highest BCUT2D eigenvalue weighted by atomic mass is 19.1. The minimum Gasteiger partial charge on any atom is -0.327 e. The second-order valence-corrected chi connectivity index (χ2v) is 3.98. The third kappa shape index (κ3) is 1.89. The van der Waals surface area contributed by atoms with E-state index in [4.69, 9.17) is 5.73 Å². The van der Waals surface area contributed by atoms with Gasteiger partial charge >= 0.3 is 0 Å². The highest BCUT2D eigenvalue weighted by Gasteiger charge is 2.42. The second-order valence-electron chi connectivity index (χ2n) is 3.98. The van der Waals surface area contributed by atoms with Gasteiger partial charge in [-0.2, -0.15) is 0 Å². The molecule has 1 saturated carbocycles. The SMILES string of the molecule is NC1CC(F)(Cc2ccccc2)C1. The van der Waals surface area contributed by atoms with Gasteiger partial charge in [-0.05, 0) is 18.4 Å². The van der Waals surface area contributed by atoms with Gasteiger partial charge in [0.25, 0.3) is 0 Å². The van der Waals surface area contributed by atoms with E-state index in [1.165, 1.54) is 0 Å². The lowest BCUT2D eigenvalue weighted by atomic mass is 9.74. The Labute approximate surface area is 77.8 Å². The number of alkyl halides is 1. The van der Waals surface area contributed by atoms with Crippen LogP contribution in [0, 0.1) is 0 Å². The average molecular weight is 179 g/mol. The summed E-state index contributed by atoms with van der Waals surface area (Å²) >= 11 is 0. The standard InChI is InChI=1S/C11H14FN/c12-11(7-10(13)8-11)6-9-4-2-1-3-5-9/h1-5,10H,6-8,13H2. The molecule has 13 heavy (non-hydrogen) atoms. The zero-order chi connectivity index (χ0) is 9.31. The van der Waals surface area contributed by atoms with Crippen LogP contribution in [0.15, 0.2) is 30.3 Å². The summed E-state index contributed by atoms with van der Waals surface area (Å²) in [5, 5.41) is 0. The third-order valence-corrected chi connectivity index (χ3v) is 2.62. The number of rotatable bonds is 2. The van der Waals surface area contributed by atoms with Crippen LogP contribution in [0.4, 0.5) is 4.39 Å². The molecule has 70 valence electrons. The van der Waals surface area contributed by atoms with Crippen LogP contribution in [0.5, 0.6) is 0 Å². The molecule has 1 nitrogen and oxygen atoms in total. The number of hydrogen-bond donors (Lipinski definition) is 1. The molecule has 0 radical (unpaired) electrons. The molecule has 0 aromatic heterocycles. The Morgan fingerprint density at radius 1 is 1.31 bits per heavy atom. The zero-order valence-corrected chi connectivity index (χ0v) is 7.54. The summed E-state index contributed by atoms with van der Waals surface area (Å²) in [6.07, 6.45) is 1.55. The Balaban J connectivity index is 1.99. The summed E-state index contributed by atoms with van der Waals surface area (Å²) in [6, 6.07) is 9.83. The molecule has 0 amide bonds. The van der Waals surface area contributed by atoms with Crippen LogP contribution in [0.1, 0.15) is 18.4 Å². The van der Waals surface area contributed by atoms with Crippen LogP contribution in [0.2, 0.25) is 0 Å². The maximum absolute atomic E-state index is 13.8. The minimum absolute atomic E-state index is 0.0775. The van der Waals surface area contributed by atoms with Gasteiger partial charge < -0.3 is 5.73 Å². The average Bonchev–Trinajstić information content (AvgIpc) is 2.03. The highest BCUT2D eigenvalue weighted by Crippen LogP contribution is 2.37. The molecular weight excluding hydrogens is 165 g/mol. The quantitative estimate of drug-likeness (QED) is 0.738. The predicted molar refractivity (Wildman–Crippen MR) is 51.2 cm³/mol. The zero-order valence-electron chi connectivity index (χ0n) is 7.54.